The number of nitrogens with one attached hydrogen (secondary N) is 2. The predicted molar refractivity (Wildman–Crippen MR) is 133 cm³/mol. The molecular weight excluding hydrogens is 460 g/mol. The minimum Gasteiger partial charge on any atom is -0.480 e. The molecule has 6 nitrogen and oxygen atoms in total. The molecule has 1 atom stereocenters. The topological polar surface area (TPSA) is 84.5 Å². The molecule has 174 valence electrons. The molecular formula is C25H27ClN2O4S. The smallest absolute Gasteiger partial charge is 0.265 e. The number of benzene rings is 3. The Bertz CT molecular complexity index is 1260. The van der Waals surface area contributed by atoms with Crippen molar-refractivity contribution in [3.63, 3.8) is 0 Å². The average molecular weight is 487 g/mol. The molecule has 0 radical (unpaired) electrons. The van der Waals surface area contributed by atoms with Crippen LogP contribution in [0.1, 0.15) is 30.0 Å². The van der Waals surface area contributed by atoms with Crippen molar-refractivity contribution in [1.29, 1.82) is 0 Å². The van der Waals surface area contributed by atoms with Gasteiger partial charge in [0.2, 0.25) is 0 Å². The van der Waals surface area contributed by atoms with Gasteiger partial charge in [0, 0.05) is 10.7 Å². The van der Waals surface area contributed by atoms with Gasteiger partial charge in [-0.3, -0.25) is 9.52 Å². The Morgan fingerprint density at radius 1 is 0.970 bits per heavy atom. The van der Waals surface area contributed by atoms with Crippen LogP contribution in [0.15, 0.2) is 65.6 Å². The van der Waals surface area contributed by atoms with Crippen LogP contribution in [0.4, 0.5) is 11.4 Å². The number of hydrogen-bond donors (Lipinski definition) is 2. The van der Waals surface area contributed by atoms with Crippen molar-refractivity contribution >= 4 is 38.9 Å². The maximum Gasteiger partial charge on any atom is 0.265 e. The largest absolute Gasteiger partial charge is 0.480 e. The first-order chi connectivity index (χ1) is 15.6. The van der Waals surface area contributed by atoms with Crippen molar-refractivity contribution in [3.8, 4) is 5.75 Å². The lowest BCUT2D eigenvalue weighted by Crippen LogP contribution is -2.32. The summed E-state index contributed by atoms with van der Waals surface area (Å²) < 4.78 is 34.0. The summed E-state index contributed by atoms with van der Waals surface area (Å²) in [5, 5.41) is 3.23. The number of hydrogen-bond acceptors (Lipinski definition) is 4. The SMILES string of the molecule is CCC(Oc1cc(C)ccc1C)C(=O)Nc1ccc(S(=O)(=O)Nc2cc(Cl)ccc2C)cc1. The van der Waals surface area contributed by atoms with Gasteiger partial charge in [-0.25, -0.2) is 8.42 Å². The fourth-order valence-electron chi connectivity index (χ4n) is 3.16. The zero-order valence-electron chi connectivity index (χ0n) is 19.0. The first-order valence-corrected chi connectivity index (χ1v) is 12.4. The van der Waals surface area contributed by atoms with Crippen LogP contribution >= 0.6 is 11.6 Å². The summed E-state index contributed by atoms with van der Waals surface area (Å²) in [5.41, 5.74) is 3.63. The van der Waals surface area contributed by atoms with E-state index >= 15 is 0 Å². The third-order valence-corrected chi connectivity index (χ3v) is 6.77. The number of aryl methyl sites for hydroxylation is 3. The Kier molecular flexibility index (Phi) is 7.66. The molecule has 0 bridgehead atoms. The van der Waals surface area contributed by atoms with Crippen LogP contribution in [0.25, 0.3) is 0 Å². The van der Waals surface area contributed by atoms with Crippen molar-refractivity contribution < 1.29 is 17.9 Å². The summed E-state index contributed by atoms with van der Waals surface area (Å²) in [6, 6.07) is 16.8. The molecule has 3 aromatic carbocycles. The molecule has 0 aliphatic rings. The zero-order chi connectivity index (χ0) is 24.2. The summed E-state index contributed by atoms with van der Waals surface area (Å²) in [7, 11) is -3.81. The standard InChI is InChI=1S/C25H27ClN2O4S/c1-5-23(32-24-14-16(2)6-7-18(24)4)25(29)27-20-10-12-21(13-11-20)33(30,31)28-22-15-19(26)9-8-17(22)3/h6-15,23,28H,5H2,1-4H3,(H,27,29). The predicted octanol–water partition coefficient (Wildman–Crippen LogP) is 5.86. The van der Waals surface area contributed by atoms with Gasteiger partial charge in [0.25, 0.3) is 15.9 Å². The van der Waals surface area contributed by atoms with E-state index < -0.39 is 16.1 Å². The van der Waals surface area contributed by atoms with Gasteiger partial charge in [-0.05, 0) is 86.3 Å². The molecule has 0 heterocycles. The number of carbonyl (C=O) groups excluding carboxylic acids is 1. The highest BCUT2D eigenvalue weighted by atomic mass is 35.5. The molecule has 0 aliphatic carbocycles. The zero-order valence-corrected chi connectivity index (χ0v) is 20.5. The van der Waals surface area contributed by atoms with Gasteiger partial charge in [-0.1, -0.05) is 36.7 Å². The van der Waals surface area contributed by atoms with Gasteiger partial charge in [-0.2, -0.15) is 0 Å². The highest BCUT2D eigenvalue weighted by Gasteiger charge is 2.20. The van der Waals surface area contributed by atoms with Gasteiger partial charge in [0.05, 0.1) is 10.6 Å². The second-order valence-electron chi connectivity index (χ2n) is 7.86. The Hall–Kier alpha value is -3.03. The van der Waals surface area contributed by atoms with E-state index in [4.69, 9.17) is 16.3 Å². The van der Waals surface area contributed by atoms with Gasteiger partial charge in [0.1, 0.15) is 5.75 Å². The average Bonchev–Trinajstić information content (AvgIpc) is 2.77. The molecule has 1 amide bonds. The van der Waals surface area contributed by atoms with E-state index in [0.717, 1.165) is 16.7 Å². The van der Waals surface area contributed by atoms with E-state index in [2.05, 4.69) is 10.0 Å². The minimum absolute atomic E-state index is 0.0681. The molecule has 0 spiro atoms. The molecule has 2 N–H and O–H groups in total. The quantitative estimate of drug-likeness (QED) is 0.417. The molecule has 3 aromatic rings. The van der Waals surface area contributed by atoms with Gasteiger partial charge in [-0.15, -0.1) is 0 Å². The maximum atomic E-state index is 12.8. The lowest BCUT2D eigenvalue weighted by Gasteiger charge is -2.19. The van der Waals surface area contributed by atoms with Crippen molar-refractivity contribution in [3.05, 3.63) is 82.4 Å². The molecule has 0 fully saturated rings. The van der Waals surface area contributed by atoms with E-state index in [1.807, 2.05) is 39.0 Å². The lowest BCUT2D eigenvalue weighted by molar-refractivity contribution is -0.122. The van der Waals surface area contributed by atoms with Crippen LogP contribution in [0.5, 0.6) is 5.75 Å². The number of sulfonamides is 1. The Morgan fingerprint density at radius 3 is 2.30 bits per heavy atom. The van der Waals surface area contributed by atoms with Crippen molar-refractivity contribution in [2.75, 3.05) is 10.0 Å². The molecule has 0 aliphatic heterocycles. The fourth-order valence-corrected chi connectivity index (χ4v) is 4.45. The van der Waals surface area contributed by atoms with Gasteiger partial charge in [0.15, 0.2) is 6.10 Å². The van der Waals surface area contributed by atoms with Crippen LogP contribution in [0.2, 0.25) is 5.02 Å². The van der Waals surface area contributed by atoms with E-state index in [9.17, 15) is 13.2 Å². The molecule has 0 saturated heterocycles. The number of amides is 1. The molecule has 3 rings (SSSR count). The number of ether oxygens (including phenoxy) is 1. The Balaban J connectivity index is 1.70. The first kappa shape index (κ1) is 24.6. The van der Waals surface area contributed by atoms with Gasteiger partial charge >= 0.3 is 0 Å². The minimum atomic E-state index is -3.81. The first-order valence-electron chi connectivity index (χ1n) is 10.5. The third kappa shape index (κ3) is 6.27. The Labute approximate surface area is 200 Å². The van der Waals surface area contributed by atoms with E-state index in [0.29, 0.717) is 28.6 Å². The maximum absolute atomic E-state index is 12.8. The van der Waals surface area contributed by atoms with Crippen LogP contribution in [0, 0.1) is 20.8 Å². The molecule has 0 saturated carbocycles. The molecule has 1 unspecified atom stereocenters. The van der Waals surface area contributed by atoms with E-state index in [1.54, 1.807) is 37.3 Å². The van der Waals surface area contributed by atoms with Crippen molar-refractivity contribution in [2.45, 2.75) is 45.1 Å². The van der Waals surface area contributed by atoms with Gasteiger partial charge < -0.3 is 10.1 Å². The van der Waals surface area contributed by atoms with E-state index in [-0.39, 0.29) is 10.8 Å². The highest BCUT2D eigenvalue weighted by Crippen LogP contribution is 2.25. The highest BCUT2D eigenvalue weighted by molar-refractivity contribution is 7.92. The summed E-state index contributed by atoms with van der Waals surface area (Å²) >= 11 is 5.98. The summed E-state index contributed by atoms with van der Waals surface area (Å²) in [5.74, 6) is 0.363. The van der Waals surface area contributed by atoms with Crippen molar-refractivity contribution in [2.24, 2.45) is 0 Å². The number of rotatable bonds is 8. The molecule has 8 heteroatoms. The van der Waals surface area contributed by atoms with Crippen LogP contribution in [0.3, 0.4) is 0 Å². The molecule has 33 heavy (non-hydrogen) atoms. The number of anilines is 2. The molecule has 0 aromatic heterocycles. The fraction of sp³-hybridized carbons (Fsp3) is 0.240. The second kappa shape index (κ2) is 10.3. The lowest BCUT2D eigenvalue weighted by atomic mass is 10.1. The van der Waals surface area contributed by atoms with Crippen LogP contribution in [-0.2, 0) is 14.8 Å². The van der Waals surface area contributed by atoms with Crippen molar-refractivity contribution in [1.82, 2.24) is 0 Å². The second-order valence-corrected chi connectivity index (χ2v) is 9.98. The summed E-state index contributed by atoms with van der Waals surface area (Å²) in [6.45, 7) is 7.55. The Morgan fingerprint density at radius 2 is 1.64 bits per heavy atom. The number of halogens is 1. The summed E-state index contributed by atoms with van der Waals surface area (Å²) in [4.78, 5) is 12.8. The van der Waals surface area contributed by atoms with Crippen LogP contribution < -0.4 is 14.8 Å². The summed E-state index contributed by atoms with van der Waals surface area (Å²) in [6.07, 6.45) is -0.199. The van der Waals surface area contributed by atoms with E-state index in [1.165, 1.54) is 12.1 Å². The number of carbonyl (C=O) groups is 1. The normalized spacial score (nSPS) is 12.2. The monoisotopic (exact) mass is 486 g/mol. The third-order valence-electron chi connectivity index (χ3n) is 5.15. The van der Waals surface area contributed by atoms with Crippen LogP contribution in [-0.4, -0.2) is 20.4 Å².